The molecule has 0 amide bonds. The Hall–Kier alpha value is -1.09. The fraction of sp³-hybridized carbons (Fsp3) is 0.625. The molecule has 0 fully saturated rings. The maximum atomic E-state index is 13.4. The van der Waals surface area contributed by atoms with Gasteiger partial charge in [-0.2, -0.15) is 0 Å². The molecular formula is C16H27FN2. The highest BCUT2D eigenvalue weighted by Crippen LogP contribution is 2.24. The average molecular weight is 266 g/mol. The summed E-state index contributed by atoms with van der Waals surface area (Å²) in [6.45, 7) is 10.3. The Balaban J connectivity index is 2.90. The zero-order valence-electron chi connectivity index (χ0n) is 12.8. The highest BCUT2D eigenvalue weighted by atomic mass is 19.1. The predicted octanol–water partition coefficient (Wildman–Crippen LogP) is 3.81. The van der Waals surface area contributed by atoms with Gasteiger partial charge in [0.05, 0.1) is 0 Å². The first kappa shape index (κ1) is 16.0. The first-order chi connectivity index (χ1) is 8.95. The standard InChI is InChI=1S/C16H27FN2/c1-6-18-11-14-10-15(17)7-8-16(14)19(5)13(4)9-12(2)3/h7-8,10,12-13,18H,6,9,11H2,1-5H3. The van der Waals surface area contributed by atoms with Gasteiger partial charge >= 0.3 is 0 Å². The average Bonchev–Trinajstić information content (AvgIpc) is 2.34. The van der Waals surface area contributed by atoms with E-state index in [9.17, 15) is 4.39 Å². The molecule has 0 aromatic heterocycles. The van der Waals surface area contributed by atoms with Crippen molar-refractivity contribution >= 4 is 5.69 Å². The molecule has 0 spiro atoms. The number of benzene rings is 1. The third-order valence-corrected chi connectivity index (χ3v) is 3.46. The van der Waals surface area contributed by atoms with Gasteiger partial charge in [0.1, 0.15) is 5.82 Å². The van der Waals surface area contributed by atoms with Gasteiger partial charge in [0.2, 0.25) is 0 Å². The predicted molar refractivity (Wildman–Crippen MR) is 81.1 cm³/mol. The van der Waals surface area contributed by atoms with E-state index in [4.69, 9.17) is 0 Å². The van der Waals surface area contributed by atoms with E-state index in [1.54, 1.807) is 12.1 Å². The Morgan fingerprint density at radius 1 is 1.26 bits per heavy atom. The Labute approximate surface area is 117 Å². The van der Waals surface area contributed by atoms with Crippen molar-refractivity contribution < 1.29 is 4.39 Å². The van der Waals surface area contributed by atoms with Gasteiger partial charge < -0.3 is 10.2 Å². The van der Waals surface area contributed by atoms with Crippen LogP contribution >= 0.6 is 0 Å². The number of anilines is 1. The van der Waals surface area contributed by atoms with Gasteiger partial charge in [-0.1, -0.05) is 20.8 Å². The van der Waals surface area contributed by atoms with Crippen LogP contribution in [-0.4, -0.2) is 19.6 Å². The summed E-state index contributed by atoms with van der Waals surface area (Å²) >= 11 is 0. The van der Waals surface area contributed by atoms with Gasteiger partial charge in [0.25, 0.3) is 0 Å². The van der Waals surface area contributed by atoms with Crippen LogP contribution in [-0.2, 0) is 6.54 Å². The van der Waals surface area contributed by atoms with E-state index < -0.39 is 0 Å². The van der Waals surface area contributed by atoms with Gasteiger partial charge in [-0.25, -0.2) is 4.39 Å². The van der Waals surface area contributed by atoms with Crippen molar-refractivity contribution in [2.75, 3.05) is 18.5 Å². The van der Waals surface area contributed by atoms with E-state index in [2.05, 4.69) is 45.0 Å². The molecule has 1 aromatic rings. The van der Waals surface area contributed by atoms with Crippen molar-refractivity contribution in [1.29, 1.82) is 0 Å². The minimum Gasteiger partial charge on any atom is -0.372 e. The molecule has 108 valence electrons. The fourth-order valence-electron chi connectivity index (χ4n) is 2.38. The molecule has 0 saturated carbocycles. The van der Waals surface area contributed by atoms with Crippen LogP contribution in [0.15, 0.2) is 18.2 Å². The number of hydrogen-bond donors (Lipinski definition) is 1. The van der Waals surface area contributed by atoms with Crippen LogP contribution in [0.3, 0.4) is 0 Å². The molecule has 1 rings (SSSR count). The van der Waals surface area contributed by atoms with Gasteiger partial charge in [0, 0.05) is 25.3 Å². The van der Waals surface area contributed by atoms with Crippen LogP contribution in [0, 0.1) is 11.7 Å². The third-order valence-electron chi connectivity index (χ3n) is 3.46. The number of rotatable bonds is 7. The summed E-state index contributed by atoms with van der Waals surface area (Å²) in [7, 11) is 2.09. The van der Waals surface area contributed by atoms with Crippen LogP contribution in [0.2, 0.25) is 0 Å². The van der Waals surface area contributed by atoms with Crippen molar-refractivity contribution in [2.45, 2.75) is 46.7 Å². The van der Waals surface area contributed by atoms with Crippen molar-refractivity contribution in [3.8, 4) is 0 Å². The van der Waals surface area contributed by atoms with Crippen molar-refractivity contribution in [1.82, 2.24) is 5.32 Å². The van der Waals surface area contributed by atoms with E-state index in [-0.39, 0.29) is 5.82 Å². The smallest absolute Gasteiger partial charge is 0.123 e. The van der Waals surface area contributed by atoms with E-state index in [0.717, 1.165) is 24.2 Å². The lowest BCUT2D eigenvalue weighted by Gasteiger charge is -2.30. The quantitative estimate of drug-likeness (QED) is 0.807. The molecule has 0 aliphatic carbocycles. The molecule has 0 saturated heterocycles. The molecule has 0 radical (unpaired) electrons. The number of halogens is 1. The molecule has 1 unspecified atom stereocenters. The zero-order chi connectivity index (χ0) is 14.4. The minimum atomic E-state index is -0.165. The maximum Gasteiger partial charge on any atom is 0.123 e. The second kappa shape index (κ2) is 7.49. The maximum absolute atomic E-state index is 13.4. The van der Waals surface area contributed by atoms with E-state index in [1.807, 2.05) is 6.07 Å². The molecule has 2 nitrogen and oxygen atoms in total. The zero-order valence-corrected chi connectivity index (χ0v) is 12.8. The van der Waals surface area contributed by atoms with E-state index in [1.165, 1.54) is 0 Å². The monoisotopic (exact) mass is 266 g/mol. The van der Waals surface area contributed by atoms with E-state index >= 15 is 0 Å². The molecular weight excluding hydrogens is 239 g/mol. The first-order valence-corrected chi connectivity index (χ1v) is 7.17. The highest BCUT2D eigenvalue weighted by Gasteiger charge is 2.15. The number of hydrogen-bond acceptors (Lipinski definition) is 2. The first-order valence-electron chi connectivity index (χ1n) is 7.17. The Morgan fingerprint density at radius 3 is 2.53 bits per heavy atom. The summed E-state index contributed by atoms with van der Waals surface area (Å²) in [6.07, 6.45) is 1.13. The summed E-state index contributed by atoms with van der Waals surface area (Å²) in [4.78, 5) is 2.26. The van der Waals surface area contributed by atoms with Crippen molar-refractivity contribution in [3.63, 3.8) is 0 Å². The Kier molecular flexibility index (Phi) is 6.29. The van der Waals surface area contributed by atoms with Crippen LogP contribution in [0.25, 0.3) is 0 Å². The number of nitrogens with zero attached hydrogens (tertiary/aromatic N) is 1. The second-order valence-electron chi connectivity index (χ2n) is 5.64. The van der Waals surface area contributed by atoms with Crippen LogP contribution < -0.4 is 10.2 Å². The lowest BCUT2D eigenvalue weighted by Crippen LogP contribution is -2.31. The van der Waals surface area contributed by atoms with Crippen LogP contribution in [0.1, 0.15) is 39.7 Å². The Morgan fingerprint density at radius 2 is 1.95 bits per heavy atom. The molecule has 0 heterocycles. The van der Waals surface area contributed by atoms with Crippen molar-refractivity contribution in [3.05, 3.63) is 29.6 Å². The van der Waals surface area contributed by atoms with Gasteiger partial charge in [-0.3, -0.25) is 0 Å². The SMILES string of the molecule is CCNCc1cc(F)ccc1N(C)C(C)CC(C)C. The van der Waals surface area contributed by atoms with Crippen LogP contribution in [0.5, 0.6) is 0 Å². The van der Waals surface area contributed by atoms with E-state index in [0.29, 0.717) is 18.5 Å². The minimum absolute atomic E-state index is 0.165. The van der Waals surface area contributed by atoms with Gasteiger partial charge in [-0.15, -0.1) is 0 Å². The highest BCUT2D eigenvalue weighted by molar-refractivity contribution is 5.54. The topological polar surface area (TPSA) is 15.3 Å². The largest absolute Gasteiger partial charge is 0.372 e. The molecule has 1 N–H and O–H groups in total. The summed E-state index contributed by atoms with van der Waals surface area (Å²) in [5, 5.41) is 3.27. The fourth-order valence-corrected chi connectivity index (χ4v) is 2.38. The lowest BCUT2D eigenvalue weighted by molar-refractivity contribution is 0.502. The second-order valence-corrected chi connectivity index (χ2v) is 5.64. The normalized spacial score (nSPS) is 12.8. The summed E-state index contributed by atoms with van der Waals surface area (Å²) < 4.78 is 13.4. The molecule has 0 bridgehead atoms. The number of nitrogens with one attached hydrogen (secondary N) is 1. The summed E-state index contributed by atoms with van der Waals surface area (Å²) in [6, 6.07) is 5.52. The molecule has 19 heavy (non-hydrogen) atoms. The van der Waals surface area contributed by atoms with Gasteiger partial charge in [-0.05, 0) is 49.6 Å². The van der Waals surface area contributed by atoms with Crippen LogP contribution in [0.4, 0.5) is 10.1 Å². The van der Waals surface area contributed by atoms with Crippen molar-refractivity contribution in [2.24, 2.45) is 5.92 Å². The molecule has 1 atom stereocenters. The summed E-state index contributed by atoms with van der Waals surface area (Å²) in [5.74, 6) is 0.497. The molecule has 0 aliphatic heterocycles. The molecule has 3 heteroatoms. The van der Waals surface area contributed by atoms with Gasteiger partial charge in [0.15, 0.2) is 0 Å². The lowest BCUT2D eigenvalue weighted by atomic mass is 10.0. The molecule has 1 aromatic carbocycles. The Bertz CT molecular complexity index is 390. The summed E-state index contributed by atoms with van der Waals surface area (Å²) in [5.41, 5.74) is 2.15. The molecule has 0 aliphatic rings. The third kappa shape index (κ3) is 4.83.